The predicted octanol–water partition coefficient (Wildman–Crippen LogP) is 1.86. The standard InChI is InChI=1S/C16H13N5O2/c17-16-19-15-10-3-1-2-4-11(10)18-14(21(15)20-16)8-9-5-6-12(22)13(23)7-9/h1-7,22-23H,8H2,(H2,17,20). The van der Waals surface area contributed by atoms with E-state index in [1.165, 1.54) is 12.1 Å². The van der Waals surface area contributed by atoms with Crippen LogP contribution < -0.4 is 5.73 Å². The normalized spacial score (nSPS) is 11.3. The van der Waals surface area contributed by atoms with Crippen molar-refractivity contribution in [1.29, 1.82) is 0 Å². The van der Waals surface area contributed by atoms with Gasteiger partial charge in [-0.05, 0) is 29.8 Å². The van der Waals surface area contributed by atoms with Crippen molar-refractivity contribution in [2.24, 2.45) is 0 Å². The Hall–Kier alpha value is -3.35. The monoisotopic (exact) mass is 307 g/mol. The predicted molar refractivity (Wildman–Crippen MR) is 85.3 cm³/mol. The van der Waals surface area contributed by atoms with Gasteiger partial charge in [0.1, 0.15) is 5.82 Å². The van der Waals surface area contributed by atoms with Gasteiger partial charge in [0.05, 0.1) is 5.52 Å². The summed E-state index contributed by atoms with van der Waals surface area (Å²) in [5.41, 5.74) is 7.98. The van der Waals surface area contributed by atoms with E-state index in [9.17, 15) is 10.2 Å². The van der Waals surface area contributed by atoms with Gasteiger partial charge in [-0.1, -0.05) is 18.2 Å². The Morgan fingerprint density at radius 1 is 1.00 bits per heavy atom. The number of benzene rings is 2. The minimum Gasteiger partial charge on any atom is -0.504 e. The highest BCUT2D eigenvalue weighted by atomic mass is 16.3. The Bertz CT molecular complexity index is 1040. The average Bonchev–Trinajstić information content (AvgIpc) is 2.93. The van der Waals surface area contributed by atoms with Gasteiger partial charge in [-0.25, -0.2) is 4.98 Å². The lowest BCUT2D eigenvalue weighted by Gasteiger charge is -2.07. The summed E-state index contributed by atoms with van der Waals surface area (Å²) < 4.78 is 1.61. The van der Waals surface area contributed by atoms with E-state index in [-0.39, 0.29) is 17.4 Å². The second-order valence-corrected chi connectivity index (χ2v) is 5.25. The molecular formula is C16H13N5O2. The summed E-state index contributed by atoms with van der Waals surface area (Å²) in [6, 6.07) is 12.3. The number of phenolic OH excluding ortho intramolecular Hbond substituents is 2. The summed E-state index contributed by atoms with van der Waals surface area (Å²) in [6.07, 6.45) is 0.415. The Kier molecular flexibility index (Phi) is 2.80. The van der Waals surface area contributed by atoms with E-state index in [1.54, 1.807) is 10.6 Å². The number of fused-ring (bicyclic) bond motifs is 3. The third-order valence-electron chi connectivity index (χ3n) is 3.66. The number of para-hydroxylation sites is 1. The van der Waals surface area contributed by atoms with Crippen LogP contribution >= 0.6 is 0 Å². The maximum absolute atomic E-state index is 9.64. The smallest absolute Gasteiger partial charge is 0.240 e. The van der Waals surface area contributed by atoms with Crippen LogP contribution in [0, 0.1) is 0 Å². The molecule has 114 valence electrons. The molecule has 0 aliphatic heterocycles. The molecule has 0 fully saturated rings. The molecule has 0 amide bonds. The van der Waals surface area contributed by atoms with Crippen LogP contribution in [-0.4, -0.2) is 29.8 Å². The third-order valence-corrected chi connectivity index (χ3v) is 3.66. The number of aromatic nitrogens is 4. The average molecular weight is 307 g/mol. The second kappa shape index (κ2) is 4.84. The lowest BCUT2D eigenvalue weighted by atomic mass is 10.1. The molecule has 0 saturated heterocycles. The molecule has 7 nitrogen and oxygen atoms in total. The van der Waals surface area contributed by atoms with Gasteiger partial charge in [0.2, 0.25) is 5.95 Å². The fourth-order valence-electron chi connectivity index (χ4n) is 2.60. The molecule has 0 saturated carbocycles. The van der Waals surface area contributed by atoms with Gasteiger partial charge in [0.25, 0.3) is 0 Å². The number of anilines is 1. The molecule has 0 aliphatic rings. The number of nitrogens with zero attached hydrogens (tertiary/aromatic N) is 4. The molecular weight excluding hydrogens is 294 g/mol. The SMILES string of the molecule is Nc1nc2c3ccccc3nc(Cc3ccc(O)c(O)c3)n2n1. The summed E-state index contributed by atoms with van der Waals surface area (Å²) in [5, 5.41) is 24.1. The highest BCUT2D eigenvalue weighted by Gasteiger charge is 2.13. The van der Waals surface area contributed by atoms with Crippen molar-refractivity contribution >= 4 is 22.5 Å². The van der Waals surface area contributed by atoms with Crippen LogP contribution in [0.15, 0.2) is 42.5 Å². The first-order valence-electron chi connectivity index (χ1n) is 7.02. The molecule has 23 heavy (non-hydrogen) atoms. The lowest BCUT2D eigenvalue weighted by molar-refractivity contribution is 0.403. The van der Waals surface area contributed by atoms with Crippen LogP contribution in [0.25, 0.3) is 16.6 Å². The maximum atomic E-state index is 9.64. The number of phenols is 2. The highest BCUT2D eigenvalue weighted by molar-refractivity contribution is 5.91. The Morgan fingerprint density at radius 3 is 2.65 bits per heavy atom. The first-order chi connectivity index (χ1) is 11.1. The zero-order chi connectivity index (χ0) is 16.0. The van der Waals surface area contributed by atoms with Gasteiger partial charge >= 0.3 is 0 Å². The summed E-state index contributed by atoms with van der Waals surface area (Å²) in [4.78, 5) is 8.90. The van der Waals surface area contributed by atoms with Crippen LogP contribution in [0.5, 0.6) is 11.5 Å². The quantitative estimate of drug-likeness (QED) is 0.488. The molecule has 0 unspecified atom stereocenters. The second-order valence-electron chi connectivity index (χ2n) is 5.25. The Labute approximate surface area is 130 Å². The molecule has 2 heterocycles. The lowest BCUT2D eigenvalue weighted by Crippen LogP contribution is -2.04. The van der Waals surface area contributed by atoms with E-state index >= 15 is 0 Å². The van der Waals surface area contributed by atoms with Crippen molar-refractivity contribution in [3.8, 4) is 11.5 Å². The molecule has 7 heteroatoms. The third kappa shape index (κ3) is 2.18. The molecule has 0 spiro atoms. The van der Waals surface area contributed by atoms with Crippen molar-refractivity contribution in [1.82, 2.24) is 19.6 Å². The largest absolute Gasteiger partial charge is 0.504 e. The topological polar surface area (TPSA) is 110 Å². The Morgan fingerprint density at radius 2 is 1.83 bits per heavy atom. The van der Waals surface area contributed by atoms with Crippen LogP contribution in [0.3, 0.4) is 0 Å². The molecule has 0 radical (unpaired) electrons. The van der Waals surface area contributed by atoms with E-state index in [1.807, 2.05) is 24.3 Å². The van der Waals surface area contributed by atoms with Gasteiger partial charge in [-0.3, -0.25) is 0 Å². The van der Waals surface area contributed by atoms with Crippen molar-refractivity contribution < 1.29 is 10.2 Å². The van der Waals surface area contributed by atoms with Crippen LogP contribution in [-0.2, 0) is 6.42 Å². The van der Waals surface area contributed by atoms with E-state index in [0.717, 1.165) is 16.5 Å². The number of aromatic hydroxyl groups is 2. The summed E-state index contributed by atoms with van der Waals surface area (Å²) in [6.45, 7) is 0. The van der Waals surface area contributed by atoms with E-state index < -0.39 is 0 Å². The number of rotatable bonds is 2. The number of hydrogen-bond donors (Lipinski definition) is 3. The molecule has 0 atom stereocenters. The van der Waals surface area contributed by atoms with Crippen molar-refractivity contribution in [2.75, 3.05) is 5.73 Å². The number of nitrogen functional groups attached to an aromatic ring is 1. The van der Waals surface area contributed by atoms with Gasteiger partial charge in [-0.2, -0.15) is 9.50 Å². The first-order valence-corrected chi connectivity index (χ1v) is 7.02. The van der Waals surface area contributed by atoms with E-state index in [2.05, 4.69) is 15.1 Å². The first kappa shape index (κ1) is 13.3. The summed E-state index contributed by atoms with van der Waals surface area (Å²) in [5.74, 6) is 0.499. The molecule has 2 aromatic carbocycles. The van der Waals surface area contributed by atoms with E-state index in [4.69, 9.17) is 5.73 Å². The zero-order valence-electron chi connectivity index (χ0n) is 12.0. The maximum Gasteiger partial charge on any atom is 0.240 e. The van der Waals surface area contributed by atoms with E-state index in [0.29, 0.717) is 17.9 Å². The summed E-state index contributed by atoms with van der Waals surface area (Å²) >= 11 is 0. The molecule has 0 aliphatic carbocycles. The molecule has 4 aromatic rings. The fraction of sp³-hybridized carbons (Fsp3) is 0.0625. The van der Waals surface area contributed by atoms with Gasteiger partial charge in [0, 0.05) is 11.8 Å². The molecule has 0 bridgehead atoms. The minimum absolute atomic E-state index is 0.157. The number of nitrogens with two attached hydrogens (primary N) is 1. The minimum atomic E-state index is -0.169. The molecule has 4 N–H and O–H groups in total. The number of hydrogen-bond acceptors (Lipinski definition) is 6. The molecule has 2 aromatic heterocycles. The van der Waals surface area contributed by atoms with Gasteiger partial charge in [0.15, 0.2) is 17.1 Å². The van der Waals surface area contributed by atoms with Crippen molar-refractivity contribution in [3.05, 3.63) is 53.9 Å². The van der Waals surface area contributed by atoms with Crippen LogP contribution in [0.2, 0.25) is 0 Å². The summed E-state index contributed by atoms with van der Waals surface area (Å²) in [7, 11) is 0. The molecule has 4 rings (SSSR count). The van der Waals surface area contributed by atoms with Crippen molar-refractivity contribution in [2.45, 2.75) is 6.42 Å². The van der Waals surface area contributed by atoms with Gasteiger partial charge < -0.3 is 15.9 Å². The fourth-order valence-corrected chi connectivity index (χ4v) is 2.60. The Balaban J connectivity index is 1.92. The highest BCUT2D eigenvalue weighted by Crippen LogP contribution is 2.26. The zero-order valence-corrected chi connectivity index (χ0v) is 12.0. The van der Waals surface area contributed by atoms with Crippen LogP contribution in [0.1, 0.15) is 11.4 Å². The van der Waals surface area contributed by atoms with Crippen molar-refractivity contribution in [3.63, 3.8) is 0 Å². The van der Waals surface area contributed by atoms with Crippen LogP contribution in [0.4, 0.5) is 5.95 Å². The van der Waals surface area contributed by atoms with Gasteiger partial charge in [-0.15, -0.1) is 5.10 Å².